The molecule has 0 N–H and O–H groups in total. The van der Waals surface area contributed by atoms with Crippen LogP contribution in [0.15, 0.2) is 54.6 Å². The predicted octanol–water partition coefficient (Wildman–Crippen LogP) is 2.86. The molecular formula is C17H14O2. The van der Waals surface area contributed by atoms with E-state index in [4.69, 9.17) is 0 Å². The minimum absolute atomic E-state index is 0.0325. The van der Waals surface area contributed by atoms with Crippen molar-refractivity contribution in [3.05, 3.63) is 71.3 Å². The minimum Gasteiger partial charge on any atom is -0.302 e. The first-order valence-electron chi connectivity index (χ1n) is 6.34. The van der Waals surface area contributed by atoms with Gasteiger partial charge in [0.2, 0.25) is 0 Å². The molecule has 0 amide bonds. The number of Topliss-reactive ketones (excluding diaryl/α,β-unsaturated/α-hetero) is 1. The van der Waals surface area contributed by atoms with Crippen LogP contribution in [-0.2, 0) is 15.0 Å². The molecule has 2 aromatic rings. The van der Waals surface area contributed by atoms with E-state index in [1.807, 2.05) is 61.5 Å². The fraction of sp³-hybridized carbons (Fsp3) is 0.176. The van der Waals surface area contributed by atoms with Gasteiger partial charge in [0.1, 0.15) is 6.29 Å². The topological polar surface area (TPSA) is 34.1 Å². The lowest BCUT2D eigenvalue weighted by Gasteiger charge is -2.24. The second-order valence-corrected chi connectivity index (χ2v) is 5.06. The molecule has 2 heteroatoms. The van der Waals surface area contributed by atoms with Crippen LogP contribution in [0.25, 0.3) is 0 Å². The van der Waals surface area contributed by atoms with Gasteiger partial charge in [-0.1, -0.05) is 54.6 Å². The fourth-order valence-corrected chi connectivity index (χ4v) is 3.01. The first kappa shape index (κ1) is 11.8. The largest absolute Gasteiger partial charge is 0.302 e. The van der Waals surface area contributed by atoms with Gasteiger partial charge in [-0.3, -0.25) is 4.79 Å². The monoisotopic (exact) mass is 250 g/mol. The maximum atomic E-state index is 12.7. The second kappa shape index (κ2) is 4.16. The Morgan fingerprint density at radius 2 is 1.63 bits per heavy atom. The molecule has 0 heterocycles. The lowest BCUT2D eigenvalue weighted by molar-refractivity contribution is -0.126. The summed E-state index contributed by atoms with van der Waals surface area (Å²) in [7, 11) is 0. The summed E-state index contributed by atoms with van der Waals surface area (Å²) in [6.07, 6.45) is 0.759. The maximum Gasteiger partial charge on any atom is 0.162 e. The summed E-state index contributed by atoms with van der Waals surface area (Å²) in [5, 5.41) is 0. The molecule has 1 aliphatic carbocycles. The third-order valence-corrected chi connectivity index (χ3v) is 4.10. The van der Waals surface area contributed by atoms with Gasteiger partial charge in [-0.15, -0.1) is 0 Å². The fourth-order valence-electron chi connectivity index (χ4n) is 3.01. The van der Waals surface area contributed by atoms with Crippen LogP contribution < -0.4 is 0 Å². The van der Waals surface area contributed by atoms with Crippen molar-refractivity contribution in [3.63, 3.8) is 0 Å². The van der Waals surface area contributed by atoms with Crippen LogP contribution in [0.3, 0.4) is 0 Å². The first-order valence-corrected chi connectivity index (χ1v) is 6.34. The normalized spacial score (nSPS) is 25.1. The average molecular weight is 250 g/mol. The van der Waals surface area contributed by atoms with E-state index in [-0.39, 0.29) is 5.78 Å². The van der Waals surface area contributed by atoms with Crippen molar-refractivity contribution in [1.29, 1.82) is 0 Å². The molecule has 0 aromatic heterocycles. The van der Waals surface area contributed by atoms with Crippen LogP contribution >= 0.6 is 0 Å². The number of carbonyl (C=O) groups excluding carboxylic acids is 2. The molecule has 2 nitrogen and oxygen atoms in total. The van der Waals surface area contributed by atoms with E-state index >= 15 is 0 Å². The summed E-state index contributed by atoms with van der Waals surface area (Å²) < 4.78 is 0. The van der Waals surface area contributed by atoms with Crippen LogP contribution in [0.2, 0.25) is 0 Å². The number of rotatable bonds is 2. The van der Waals surface area contributed by atoms with Crippen molar-refractivity contribution < 1.29 is 9.59 Å². The number of aldehydes is 1. The van der Waals surface area contributed by atoms with Crippen LogP contribution in [-0.4, -0.2) is 12.1 Å². The molecule has 0 spiro atoms. The van der Waals surface area contributed by atoms with Gasteiger partial charge >= 0.3 is 0 Å². The van der Waals surface area contributed by atoms with Gasteiger partial charge in [-0.2, -0.15) is 0 Å². The molecule has 2 aromatic carbocycles. The Morgan fingerprint density at radius 3 is 2.32 bits per heavy atom. The molecule has 94 valence electrons. The molecular weight excluding hydrogens is 236 g/mol. The molecule has 1 aliphatic rings. The van der Waals surface area contributed by atoms with Crippen molar-refractivity contribution in [2.45, 2.75) is 18.3 Å². The van der Waals surface area contributed by atoms with Crippen molar-refractivity contribution in [2.75, 3.05) is 0 Å². The lowest BCUT2D eigenvalue weighted by atomic mass is 9.76. The highest BCUT2D eigenvalue weighted by molar-refractivity contribution is 6.11. The summed E-state index contributed by atoms with van der Waals surface area (Å²) >= 11 is 0. The van der Waals surface area contributed by atoms with E-state index in [9.17, 15) is 9.59 Å². The number of hydrogen-bond acceptors (Lipinski definition) is 2. The summed E-state index contributed by atoms with van der Waals surface area (Å²) in [5.41, 5.74) is 2.01. The Labute approximate surface area is 112 Å². The smallest absolute Gasteiger partial charge is 0.162 e. The molecule has 0 aliphatic heterocycles. The molecule has 0 fully saturated rings. The first-order chi connectivity index (χ1) is 9.19. The van der Waals surface area contributed by atoms with Crippen molar-refractivity contribution >= 4 is 12.1 Å². The molecule has 0 bridgehead atoms. The van der Waals surface area contributed by atoms with Gasteiger partial charge in [-0.25, -0.2) is 0 Å². The molecule has 1 unspecified atom stereocenters. The Hall–Kier alpha value is -2.22. The SMILES string of the molecule is C[C@@]1(c2ccccc2)C(=O)C(C=O)c2ccccc21. The second-order valence-electron chi connectivity index (χ2n) is 5.06. The highest BCUT2D eigenvalue weighted by atomic mass is 16.1. The van der Waals surface area contributed by atoms with Crippen LogP contribution in [0.1, 0.15) is 29.5 Å². The molecule has 3 rings (SSSR count). The van der Waals surface area contributed by atoms with Gasteiger partial charge in [0.15, 0.2) is 5.78 Å². The number of fused-ring (bicyclic) bond motifs is 1. The molecule has 19 heavy (non-hydrogen) atoms. The Kier molecular flexibility index (Phi) is 2.59. The highest BCUT2D eigenvalue weighted by Crippen LogP contribution is 2.46. The van der Waals surface area contributed by atoms with E-state index in [1.165, 1.54) is 0 Å². The average Bonchev–Trinajstić information content (AvgIpc) is 2.70. The zero-order chi connectivity index (χ0) is 13.5. The Bertz CT molecular complexity index is 645. The predicted molar refractivity (Wildman–Crippen MR) is 73.2 cm³/mol. The maximum absolute atomic E-state index is 12.7. The standard InChI is InChI=1S/C17H14O2/c1-17(12-7-3-2-4-8-12)15-10-6-5-9-13(15)14(11-18)16(17)19/h2-11,14H,1H3/t14?,17-/m0/s1. The van der Waals surface area contributed by atoms with Gasteiger partial charge in [0.05, 0.1) is 11.3 Å². The summed E-state index contributed by atoms with van der Waals surface area (Å²) in [6, 6.07) is 17.3. The number of carbonyl (C=O) groups is 2. The quantitative estimate of drug-likeness (QED) is 0.606. The molecule has 2 atom stereocenters. The molecule has 0 saturated heterocycles. The van der Waals surface area contributed by atoms with Gasteiger partial charge in [-0.05, 0) is 23.6 Å². The van der Waals surface area contributed by atoms with E-state index in [2.05, 4.69) is 0 Å². The van der Waals surface area contributed by atoms with Gasteiger partial charge < -0.3 is 4.79 Å². The third-order valence-electron chi connectivity index (χ3n) is 4.10. The number of hydrogen-bond donors (Lipinski definition) is 0. The third kappa shape index (κ3) is 1.49. The zero-order valence-corrected chi connectivity index (χ0v) is 10.7. The zero-order valence-electron chi connectivity index (χ0n) is 10.7. The number of benzene rings is 2. The Balaban J connectivity index is 2.28. The molecule has 0 radical (unpaired) electrons. The van der Waals surface area contributed by atoms with E-state index in [0.29, 0.717) is 0 Å². The lowest BCUT2D eigenvalue weighted by Crippen LogP contribution is -2.31. The van der Waals surface area contributed by atoms with Crippen LogP contribution in [0.5, 0.6) is 0 Å². The number of ketones is 1. The summed E-state index contributed by atoms with van der Waals surface area (Å²) in [4.78, 5) is 24.0. The Morgan fingerprint density at radius 1 is 1.00 bits per heavy atom. The van der Waals surface area contributed by atoms with E-state index < -0.39 is 11.3 Å². The van der Waals surface area contributed by atoms with E-state index in [0.717, 1.165) is 23.0 Å². The highest BCUT2D eigenvalue weighted by Gasteiger charge is 2.49. The summed E-state index contributed by atoms with van der Waals surface area (Å²) in [5.74, 6) is -0.670. The molecule has 0 saturated carbocycles. The van der Waals surface area contributed by atoms with Crippen molar-refractivity contribution in [3.8, 4) is 0 Å². The van der Waals surface area contributed by atoms with Crippen molar-refractivity contribution in [1.82, 2.24) is 0 Å². The van der Waals surface area contributed by atoms with Crippen molar-refractivity contribution in [2.24, 2.45) is 0 Å². The van der Waals surface area contributed by atoms with Crippen LogP contribution in [0, 0.1) is 0 Å². The summed E-state index contributed by atoms with van der Waals surface area (Å²) in [6.45, 7) is 1.91. The van der Waals surface area contributed by atoms with Crippen LogP contribution in [0.4, 0.5) is 0 Å². The minimum atomic E-state index is -0.719. The van der Waals surface area contributed by atoms with E-state index in [1.54, 1.807) is 0 Å². The van der Waals surface area contributed by atoms with Gasteiger partial charge in [0, 0.05) is 0 Å². The van der Waals surface area contributed by atoms with Gasteiger partial charge in [0.25, 0.3) is 0 Å².